The Morgan fingerprint density at radius 2 is 2.26 bits per heavy atom. The van der Waals surface area contributed by atoms with E-state index in [9.17, 15) is 5.11 Å². The molecule has 104 valence electrons. The standard InChI is InChI=1S/C15H22N2O2/c1-10-14-7-16-6-12(14)9-17(10)8-11-3-4-13(19-2)5-15(11)18/h3-5,10,12,14,16,18H,6-9H2,1-2H3. The van der Waals surface area contributed by atoms with E-state index in [1.807, 2.05) is 12.1 Å². The summed E-state index contributed by atoms with van der Waals surface area (Å²) < 4.78 is 5.12. The minimum absolute atomic E-state index is 0.335. The van der Waals surface area contributed by atoms with Crippen molar-refractivity contribution in [2.24, 2.45) is 11.8 Å². The van der Waals surface area contributed by atoms with Gasteiger partial charge in [-0.15, -0.1) is 0 Å². The summed E-state index contributed by atoms with van der Waals surface area (Å²) >= 11 is 0. The Balaban J connectivity index is 1.72. The predicted molar refractivity (Wildman–Crippen MR) is 74.4 cm³/mol. The van der Waals surface area contributed by atoms with Crippen LogP contribution in [0.1, 0.15) is 12.5 Å². The molecule has 2 heterocycles. The lowest BCUT2D eigenvalue weighted by atomic mass is 9.95. The molecule has 0 bridgehead atoms. The van der Waals surface area contributed by atoms with E-state index < -0.39 is 0 Å². The molecule has 3 unspecified atom stereocenters. The number of aromatic hydroxyl groups is 1. The summed E-state index contributed by atoms with van der Waals surface area (Å²) in [5, 5.41) is 13.5. The fourth-order valence-corrected chi connectivity index (χ4v) is 3.49. The third kappa shape index (κ3) is 2.30. The topological polar surface area (TPSA) is 44.7 Å². The number of ether oxygens (including phenoxy) is 1. The van der Waals surface area contributed by atoms with Gasteiger partial charge in [-0.3, -0.25) is 4.90 Å². The first-order chi connectivity index (χ1) is 9.19. The molecule has 2 fully saturated rings. The van der Waals surface area contributed by atoms with Crippen molar-refractivity contribution in [3.63, 3.8) is 0 Å². The number of likely N-dealkylation sites (tertiary alicyclic amines) is 1. The van der Waals surface area contributed by atoms with E-state index >= 15 is 0 Å². The maximum atomic E-state index is 10.1. The Bertz CT molecular complexity index is 463. The van der Waals surface area contributed by atoms with Crippen molar-refractivity contribution >= 4 is 0 Å². The minimum Gasteiger partial charge on any atom is -0.507 e. The molecule has 2 saturated heterocycles. The van der Waals surface area contributed by atoms with Gasteiger partial charge in [0.2, 0.25) is 0 Å². The fourth-order valence-electron chi connectivity index (χ4n) is 3.49. The molecular weight excluding hydrogens is 240 g/mol. The van der Waals surface area contributed by atoms with Crippen LogP contribution >= 0.6 is 0 Å². The molecule has 0 aromatic heterocycles. The number of benzene rings is 1. The zero-order chi connectivity index (χ0) is 13.4. The van der Waals surface area contributed by atoms with E-state index in [1.54, 1.807) is 13.2 Å². The highest BCUT2D eigenvalue weighted by atomic mass is 16.5. The number of methoxy groups -OCH3 is 1. The smallest absolute Gasteiger partial charge is 0.123 e. The SMILES string of the molecule is COc1ccc(CN2CC3CNCC3C2C)c(O)c1. The summed E-state index contributed by atoms with van der Waals surface area (Å²) in [6.07, 6.45) is 0. The first-order valence-electron chi connectivity index (χ1n) is 6.99. The predicted octanol–water partition coefficient (Wildman–Crippen LogP) is 1.44. The van der Waals surface area contributed by atoms with E-state index in [2.05, 4.69) is 17.1 Å². The average molecular weight is 262 g/mol. The molecule has 2 aliphatic rings. The third-order valence-electron chi connectivity index (χ3n) is 4.72. The van der Waals surface area contributed by atoms with Crippen LogP contribution in [-0.4, -0.2) is 42.8 Å². The molecule has 19 heavy (non-hydrogen) atoms. The first kappa shape index (κ1) is 12.8. The molecule has 2 N–H and O–H groups in total. The number of nitrogens with one attached hydrogen (secondary N) is 1. The van der Waals surface area contributed by atoms with Crippen LogP contribution in [-0.2, 0) is 6.54 Å². The number of hydrogen-bond donors (Lipinski definition) is 2. The fraction of sp³-hybridized carbons (Fsp3) is 0.600. The summed E-state index contributed by atoms with van der Waals surface area (Å²) in [7, 11) is 1.62. The van der Waals surface area contributed by atoms with Gasteiger partial charge in [0.05, 0.1) is 7.11 Å². The molecule has 1 aromatic carbocycles. The zero-order valence-corrected chi connectivity index (χ0v) is 11.6. The second kappa shape index (κ2) is 5.02. The van der Waals surface area contributed by atoms with Crippen LogP contribution in [0.2, 0.25) is 0 Å². The normalized spacial score (nSPS) is 30.5. The summed E-state index contributed by atoms with van der Waals surface area (Å²) in [4.78, 5) is 2.48. The van der Waals surface area contributed by atoms with Crippen LogP contribution < -0.4 is 10.1 Å². The van der Waals surface area contributed by atoms with Crippen molar-refractivity contribution in [3.8, 4) is 11.5 Å². The first-order valence-corrected chi connectivity index (χ1v) is 6.99. The zero-order valence-electron chi connectivity index (χ0n) is 11.6. The number of nitrogens with zero attached hydrogens (tertiary/aromatic N) is 1. The number of rotatable bonds is 3. The highest BCUT2D eigenvalue weighted by Gasteiger charge is 2.41. The van der Waals surface area contributed by atoms with E-state index in [1.165, 1.54) is 0 Å². The molecule has 0 radical (unpaired) electrons. The lowest BCUT2D eigenvalue weighted by Gasteiger charge is -2.24. The van der Waals surface area contributed by atoms with Crippen LogP contribution in [0.4, 0.5) is 0 Å². The van der Waals surface area contributed by atoms with Crippen molar-refractivity contribution in [1.29, 1.82) is 0 Å². The van der Waals surface area contributed by atoms with Crippen LogP contribution in [0.3, 0.4) is 0 Å². The quantitative estimate of drug-likeness (QED) is 0.865. The Morgan fingerprint density at radius 1 is 1.42 bits per heavy atom. The van der Waals surface area contributed by atoms with Gasteiger partial charge in [-0.05, 0) is 37.9 Å². The maximum absolute atomic E-state index is 10.1. The van der Waals surface area contributed by atoms with E-state index in [4.69, 9.17) is 4.74 Å². The van der Waals surface area contributed by atoms with E-state index in [0.717, 1.165) is 43.6 Å². The summed E-state index contributed by atoms with van der Waals surface area (Å²) in [5.41, 5.74) is 0.987. The average Bonchev–Trinajstić information content (AvgIpc) is 2.96. The number of fused-ring (bicyclic) bond motifs is 1. The molecule has 1 aromatic rings. The molecule has 0 spiro atoms. The van der Waals surface area contributed by atoms with Crippen LogP contribution in [0.25, 0.3) is 0 Å². The molecule has 4 heteroatoms. The van der Waals surface area contributed by atoms with Gasteiger partial charge in [-0.25, -0.2) is 0 Å². The van der Waals surface area contributed by atoms with Gasteiger partial charge < -0.3 is 15.2 Å². The van der Waals surface area contributed by atoms with Gasteiger partial charge >= 0.3 is 0 Å². The Morgan fingerprint density at radius 3 is 2.95 bits per heavy atom. The lowest BCUT2D eigenvalue weighted by Crippen LogP contribution is -2.32. The summed E-state index contributed by atoms with van der Waals surface area (Å²) in [6.45, 7) is 6.53. The number of hydrogen-bond acceptors (Lipinski definition) is 4. The highest BCUT2D eigenvalue weighted by molar-refractivity contribution is 5.39. The Kier molecular flexibility index (Phi) is 3.37. The van der Waals surface area contributed by atoms with Gasteiger partial charge in [-0.1, -0.05) is 6.07 Å². The number of phenols is 1. The van der Waals surface area contributed by atoms with Crippen LogP contribution in [0, 0.1) is 11.8 Å². The van der Waals surface area contributed by atoms with Crippen molar-refractivity contribution < 1.29 is 9.84 Å². The van der Waals surface area contributed by atoms with Gasteiger partial charge in [0.15, 0.2) is 0 Å². The molecule has 0 saturated carbocycles. The van der Waals surface area contributed by atoms with Gasteiger partial charge in [0.1, 0.15) is 11.5 Å². The third-order valence-corrected chi connectivity index (χ3v) is 4.72. The van der Waals surface area contributed by atoms with Crippen molar-refractivity contribution in [3.05, 3.63) is 23.8 Å². The monoisotopic (exact) mass is 262 g/mol. The van der Waals surface area contributed by atoms with Crippen LogP contribution in [0.5, 0.6) is 11.5 Å². The highest BCUT2D eigenvalue weighted by Crippen LogP contribution is 2.34. The molecule has 2 aliphatic heterocycles. The largest absolute Gasteiger partial charge is 0.507 e. The molecular formula is C15H22N2O2. The number of phenolic OH excluding ortho intramolecular Hbond substituents is 1. The van der Waals surface area contributed by atoms with Crippen molar-refractivity contribution in [2.75, 3.05) is 26.7 Å². The summed E-state index contributed by atoms with van der Waals surface area (Å²) in [5.74, 6) is 2.58. The Hall–Kier alpha value is -1.26. The van der Waals surface area contributed by atoms with Crippen molar-refractivity contribution in [2.45, 2.75) is 19.5 Å². The molecule has 3 atom stereocenters. The van der Waals surface area contributed by atoms with Gasteiger partial charge in [0.25, 0.3) is 0 Å². The van der Waals surface area contributed by atoms with Crippen molar-refractivity contribution in [1.82, 2.24) is 10.2 Å². The maximum Gasteiger partial charge on any atom is 0.123 e. The van der Waals surface area contributed by atoms with Gasteiger partial charge in [0, 0.05) is 30.8 Å². The van der Waals surface area contributed by atoms with Gasteiger partial charge in [-0.2, -0.15) is 0 Å². The second-order valence-electron chi connectivity index (χ2n) is 5.75. The lowest BCUT2D eigenvalue weighted by molar-refractivity contribution is 0.228. The van der Waals surface area contributed by atoms with E-state index in [0.29, 0.717) is 17.5 Å². The molecule has 0 amide bonds. The Labute approximate surface area is 114 Å². The second-order valence-corrected chi connectivity index (χ2v) is 5.75. The summed E-state index contributed by atoms with van der Waals surface area (Å²) in [6, 6.07) is 6.16. The van der Waals surface area contributed by atoms with E-state index in [-0.39, 0.29) is 0 Å². The molecule has 4 nitrogen and oxygen atoms in total. The molecule has 3 rings (SSSR count). The minimum atomic E-state index is 0.335. The van der Waals surface area contributed by atoms with Crippen LogP contribution in [0.15, 0.2) is 18.2 Å². The molecule has 0 aliphatic carbocycles.